The van der Waals surface area contributed by atoms with Crippen molar-refractivity contribution < 1.29 is 9.53 Å². The van der Waals surface area contributed by atoms with Crippen LogP contribution in [0.2, 0.25) is 0 Å². The molecule has 4 N–H and O–H groups in total. The highest BCUT2D eigenvalue weighted by Crippen LogP contribution is 2.05. The van der Waals surface area contributed by atoms with E-state index < -0.39 is 5.91 Å². The molecule has 0 heterocycles. The van der Waals surface area contributed by atoms with Crippen molar-refractivity contribution in [2.45, 2.75) is 6.61 Å². The molecule has 0 unspecified atom stereocenters. The van der Waals surface area contributed by atoms with Crippen LogP contribution in [0.25, 0.3) is 0 Å². The number of primary amides is 1. The molecule has 0 bridgehead atoms. The summed E-state index contributed by atoms with van der Waals surface area (Å²) in [7, 11) is 0. The van der Waals surface area contributed by atoms with Crippen molar-refractivity contribution in [1.29, 1.82) is 0 Å². The van der Waals surface area contributed by atoms with Crippen LogP contribution in [-0.4, -0.2) is 19.1 Å². The van der Waals surface area contributed by atoms with Gasteiger partial charge in [0.2, 0.25) is 5.91 Å². The average Bonchev–Trinajstić information content (AvgIpc) is 2.19. The van der Waals surface area contributed by atoms with Gasteiger partial charge in [-0.2, -0.15) is 0 Å². The lowest BCUT2D eigenvalue weighted by atomic mass is 10.1. The third-order valence-corrected chi connectivity index (χ3v) is 1.74. The van der Waals surface area contributed by atoms with E-state index in [1.807, 2.05) is 6.07 Å². The number of hydrogen-bond acceptors (Lipinski definition) is 3. The third kappa shape index (κ3) is 3.16. The van der Waals surface area contributed by atoms with Gasteiger partial charge in [0.1, 0.15) is 0 Å². The number of benzene rings is 1. The van der Waals surface area contributed by atoms with Gasteiger partial charge < -0.3 is 16.2 Å². The maximum absolute atomic E-state index is 10.8. The molecule has 76 valence electrons. The fourth-order valence-electron chi connectivity index (χ4n) is 1.09. The summed E-state index contributed by atoms with van der Waals surface area (Å²) in [5.74, 6) is -0.425. The van der Waals surface area contributed by atoms with E-state index in [0.717, 1.165) is 5.56 Å². The van der Waals surface area contributed by atoms with Crippen molar-refractivity contribution in [2.24, 2.45) is 11.5 Å². The molecule has 1 amide bonds. The first-order chi connectivity index (χ1) is 6.74. The van der Waals surface area contributed by atoms with E-state index in [2.05, 4.69) is 0 Å². The quantitative estimate of drug-likeness (QED) is 0.660. The molecule has 4 heteroatoms. The highest BCUT2D eigenvalue weighted by atomic mass is 16.5. The zero-order valence-corrected chi connectivity index (χ0v) is 7.90. The summed E-state index contributed by atoms with van der Waals surface area (Å²) in [4.78, 5) is 10.8. The van der Waals surface area contributed by atoms with Crippen LogP contribution >= 0.6 is 0 Å². The van der Waals surface area contributed by atoms with E-state index in [9.17, 15) is 4.79 Å². The summed E-state index contributed by atoms with van der Waals surface area (Å²) in [5.41, 5.74) is 11.8. The number of ether oxygens (including phenoxy) is 1. The van der Waals surface area contributed by atoms with Crippen molar-refractivity contribution >= 4 is 5.91 Å². The molecule has 0 aliphatic rings. The number of rotatable bonds is 5. The zero-order chi connectivity index (χ0) is 10.4. The van der Waals surface area contributed by atoms with Crippen molar-refractivity contribution in [1.82, 2.24) is 0 Å². The summed E-state index contributed by atoms with van der Waals surface area (Å²) in [6.45, 7) is 1.47. The largest absolute Gasteiger partial charge is 0.375 e. The first-order valence-electron chi connectivity index (χ1n) is 4.40. The van der Waals surface area contributed by atoms with Gasteiger partial charge in [-0.25, -0.2) is 0 Å². The van der Waals surface area contributed by atoms with Gasteiger partial charge in [-0.15, -0.1) is 0 Å². The maximum atomic E-state index is 10.8. The average molecular weight is 194 g/mol. The molecule has 0 spiro atoms. The predicted molar refractivity (Wildman–Crippen MR) is 53.7 cm³/mol. The van der Waals surface area contributed by atoms with Gasteiger partial charge in [-0.05, 0) is 17.7 Å². The summed E-state index contributed by atoms with van der Waals surface area (Å²) in [6.07, 6.45) is 0. The fourth-order valence-corrected chi connectivity index (χ4v) is 1.09. The molecule has 0 saturated heterocycles. The maximum Gasteiger partial charge on any atom is 0.248 e. The summed E-state index contributed by atoms with van der Waals surface area (Å²) < 4.78 is 5.23. The Hall–Kier alpha value is -1.39. The molecular formula is C10H14N2O2. The molecule has 1 rings (SSSR count). The molecule has 0 saturated carbocycles. The topological polar surface area (TPSA) is 78.3 Å². The number of carbonyl (C=O) groups is 1. The molecule has 4 nitrogen and oxygen atoms in total. The van der Waals surface area contributed by atoms with Gasteiger partial charge in [-0.3, -0.25) is 4.79 Å². The van der Waals surface area contributed by atoms with Crippen LogP contribution in [0.1, 0.15) is 15.9 Å². The van der Waals surface area contributed by atoms with Crippen molar-refractivity contribution in [3.05, 3.63) is 35.4 Å². The molecule has 14 heavy (non-hydrogen) atoms. The van der Waals surface area contributed by atoms with E-state index in [1.54, 1.807) is 18.2 Å². The summed E-state index contributed by atoms with van der Waals surface area (Å²) in [6, 6.07) is 7.05. The predicted octanol–water partition coefficient (Wildman–Crippen LogP) is 0.261. The van der Waals surface area contributed by atoms with Crippen LogP contribution in [0.3, 0.4) is 0 Å². The van der Waals surface area contributed by atoms with E-state index >= 15 is 0 Å². The van der Waals surface area contributed by atoms with Gasteiger partial charge >= 0.3 is 0 Å². The molecule has 0 aromatic heterocycles. The van der Waals surface area contributed by atoms with Crippen LogP contribution in [0.4, 0.5) is 0 Å². The number of amides is 1. The molecular weight excluding hydrogens is 180 g/mol. The lowest BCUT2D eigenvalue weighted by Gasteiger charge is -2.03. The van der Waals surface area contributed by atoms with Gasteiger partial charge in [0.25, 0.3) is 0 Å². The molecule has 0 atom stereocenters. The standard InChI is InChI=1S/C10H14N2O2/c11-4-5-14-7-8-2-1-3-9(6-8)10(12)13/h1-3,6H,4-5,7,11H2,(H2,12,13). The minimum atomic E-state index is -0.425. The van der Waals surface area contributed by atoms with E-state index in [-0.39, 0.29) is 0 Å². The Labute approximate surface area is 82.8 Å². The van der Waals surface area contributed by atoms with Crippen LogP contribution in [-0.2, 0) is 11.3 Å². The van der Waals surface area contributed by atoms with Crippen molar-refractivity contribution in [3.8, 4) is 0 Å². The SMILES string of the molecule is NCCOCc1cccc(C(N)=O)c1. The highest BCUT2D eigenvalue weighted by molar-refractivity contribution is 5.92. The van der Waals surface area contributed by atoms with E-state index in [0.29, 0.717) is 25.3 Å². The Balaban J connectivity index is 2.59. The number of hydrogen-bond donors (Lipinski definition) is 2. The zero-order valence-electron chi connectivity index (χ0n) is 7.90. The lowest BCUT2D eigenvalue weighted by Crippen LogP contribution is -2.11. The van der Waals surface area contributed by atoms with Gasteiger partial charge in [0.05, 0.1) is 13.2 Å². The van der Waals surface area contributed by atoms with Crippen LogP contribution < -0.4 is 11.5 Å². The second-order valence-corrected chi connectivity index (χ2v) is 2.91. The van der Waals surface area contributed by atoms with Crippen LogP contribution in [0.15, 0.2) is 24.3 Å². The van der Waals surface area contributed by atoms with Crippen molar-refractivity contribution in [2.75, 3.05) is 13.2 Å². The van der Waals surface area contributed by atoms with Gasteiger partial charge in [0, 0.05) is 12.1 Å². The second-order valence-electron chi connectivity index (χ2n) is 2.91. The first-order valence-corrected chi connectivity index (χ1v) is 4.40. The van der Waals surface area contributed by atoms with Gasteiger partial charge in [-0.1, -0.05) is 12.1 Å². The van der Waals surface area contributed by atoms with Gasteiger partial charge in [0.15, 0.2) is 0 Å². The Kier molecular flexibility index (Phi) is 4.10. The van der Waals surface area contributed by atoms with Crippen LogP contribution in [0, 0.1) is 0 Å². The number of nitrogens with two attached hydrogens (primary N) is 2. The van der Waals surface area contributed by atoms with Crippen molar-refractivity contribution in [3.63, 3.8) is 0 Å². The Bertz CT molecular complexity index is 313. The minimum Gasteiger partial charge on any atom is -0.375 e. The minimum absolute atomic E-state index is 0.425. The molecule has 0 radical (unpaired) electrons. The molecule has 1 aromatic carbocycles. The molecule has 1 aromatic rings. The highest BCUT2D eigenvalue weighted by Gasteiger charge is 2.00. The lowest BCUT2D eigenvalue weighted by molar-refractivity contribution is 0.0999. The Morgan fingerprint density at radius 2 is 2.21 bits per heavy atom. The van der Waals surface area contributed by atoms with E-state index in [4.69, 9.17) is 16.2 Å². The van der Waals surface area contributed by atoms with Crippen LogP contribution in [0.5, 0.6) is 0 Å². The fraction of sp³-hybridized carbons (Fsp3) is 0.300. The third-order valence-electron chi connectivity index (χ3n) is 1.74. The molecule has 0 aliphatic carbocycles. The summed E-state index contributed by atoms with van der Waals surface area (Å²) in [5, 5.41) is 0. The monoisotopic (exact) mass is 194 g/mol. The first kappa shape index (κ1) is 10.7. The smallest absolute Gasteiger partial charge is 0.248 e. The number of carbonyl (C=O) groups excluding carboxylic acids is 1. The normalized spacial score (nSPS) is 10.1. The Morgan fingerprint density at radius 1 is 1.43 bits per heavy atom. The molecule has 0 aliphatic heterocycles. The summed E-state index contributed by atoms with van der Waals surface area (Å²) >= 11 is 0. The molecule has 0 fully saturated rings. The van der Waals surface area contributed by atoms with E-state index in [1.165, 1.54) is 0 Å². The second kappa shape index (κ2) is 5.36. The Morgan fingerprint density at radius 3 is 2.86 bits per heavy atom.